The number of hydrogen-bond acceptors (Lipinski definition) is 4. The normalized spacial score (nSPS) is 19.6. The predicted molar refractivity (Wildman–Crippen MR) is 65.6 cm³/mol. The van der Waals surface area contributed by atoms with Crippen molar-refractivity contribution in [3.05, 3.63) is 23.7 Å². The maximum absolute atomic E-state index is 11.0. The Kier molecular flexibility index (Phi) is 4.38. The Hall–Kier alpha value is -1.33. The maximum atomic E-state index is 11.0. The fraction of sp³-hybridized carbons (Fsp3) is 0.615. The number of likely N-dealkylation sites (N-methyl/N-ethyl adjacent to an activating group) is 1. The highest BCUT2D eigenvalue weighted by Crippen LogP contribution is 2.17. The minimum Gasteiger partial charge on any atom is -0.475 e. The van der Waals surface area contributed by atoms with E-state index in [2.05, 4.69) is 11.8 Å². The summed E-state index contributed by atoms with van der Waals surface area (Å²) in [4.78, 5) is 13.1. The van der Waals surface area contributed by atoms with Gasteiger partial charge in [0.05, 0.1) is 12.4 Å². The van der Waals surface area contributed by atoms with Gasteiger partial charge < -0.3 is 14.3 Å². The van der Waals surface area contributed by atoms with E-state index >= 15 is 0 Å². The number of aromatic carboxylic acids is 1. The van der Waals surface area contributed by atoms with E-state index in [4.69, 9.17) is 14.3 Å². The predicted octanol–water partition coefficient (Wildman–Crippen LogP) is 1.98. The molecule has 1 atom stereocenters. The molecule has 0 radical (unpaired) electrons. The average molecular weight is 253 g/mol. The molecule has 1 aliphatic heterocycles. The molecular formula is C13H19NO4. The topological polar surface area (TPSA) is 62.9 Å². The van der Waals surface area contributed by atoms with Crippen LogP contribution in [0, 0.1) is 0 Å². The van der Waals surface area contributed by atoms with Gasteiger partial charge in [-0.05, 0) is 25.5 Å². The molecule has 1 aromatic heterocycles. The molecule has 0 aromatic carbocycles. The smallest absolute Gasteiger partial charge is 0.372 e. The van der Waals surface area contributed by atoms with Crippen LogP contribution in [0.4, 0.5) is 0 Å². The van der Waals surface area contributed by atoms with Crippen molar-refractivity contribution in [2.24, 2.45) is 0 Å². The summed E-state index contributed by atoms with van der Waals surface area (Å²) in [6.07, 6.45) is 3.92. The number of hydrogen-bond donors (Lipinski definition) is 1. The van der Waals surface area contributed by atoms with Crippen molar-refractivity contribution >= 4 is 5.97 Å². The zero-order chi connectivity index (χ0) is 13.0. The molecule has 0 bridgehead atoms. The molecule has 2 heterocycles. The van der Waals surface area contributed by atoms with Crippen LogP contribution in [0.15, 0.2) is 16.7 Å². The lowest BCUT2D eigenvalue weighted by atomic mass is 10.2. The number of ether oxygens (including phenoxy) is 1. The molecule has 100 valence electrons. The van der Waals surface area contributed by atoms with Crippen LogP contribution in [0.25, 0.3) is 0 Å². The summed E-state index contributed by atoms with van der Waals surface area (Å²) in [7, 11) is 0. The van der Waals surface area contributed by atoms with Gasteiger partial charge >= 0.3 is 5.97 Å². The molecule has 0 aliphatic carbocycles. The van der Waals surface area contributed by atoms with E-state index in [0.29, 0.717) is 6.54 Å². The molecule has 5 heteroatoms. The monoisotopic (exact) mass is 253 g/mol. The summed E-state index contributed by atoms with van der Waals surface area (Å²) in [6.45, 7) is 5.21. The number of nitrogens with zero attached hydrogens (tertiary/aromatic N) is 1. The Morgan fingerprint density at radius 2 is 2.44 bits per heavy atom. The summed E-state index contributed by atoms with van der Waals surface area (Å²) in [5.74, 6) is -0.969. The van der Waals surface area contributed by atoms with E-state index in [9.17, 15) is 4.79 Å². The highest BCUT2D eigenvalue weighted by molar-refractivity contribution is 5.86. The molecule has 2 rings (SSSR count). The van der Waals surface area contributed by atoms with Crippen LogP contribution in [-0.4, -0.2) is 41.8 Å². The first kappa shape index (κ1) is 13.1. The van der Waals surface area contributed by atoms with Gasteiger partial charge in [-0.15, -0.1) is 0 Å². The lowest BCUT2D eigenvalue weighted by Crippen LogP contribution is -2.31. The van der Waals surface area contributed by atoms with Gasteiger partial charge in [-0.25, -0.2) is 4.79 Å². The van der Waals surface area contributed by atoms with Crippen LogP contribution in [0.1, 0.15) is 35.9 Å². The van der Waals surface area contributed by atoms with Gasteiger partial charge in [0, 0.05) is 25.3 Å². The molecule has 1 aromatic rings. The molecule has 0 saturated carbocycles. The van der Waals surface area contributed by atoms with Gasteiger partial charge in [-0.3, -0.25) is 4.90 Å². The first-order chi connectivity index (χ1) is 8.70. The molecule has 1 N–H and O–H groups in total. The minimum absolute atomic E-state index is 0.0424. The van der Waals surface area contributed by atoms with Crippen LogP contribution in [-0.2, 0) is 11.3 Å². The van der Waals surface area contributed by atoms with Gasteiger partial charge in [-0.2, -0.15) is 0 Å². The van der Waals surface area contributed by atoms with Crippen molar-refractivity contribution in [1.29, 1.82) is 0 Å². The van der Waals surface area contributed by atoms with E-state index in [-0.39, 0.29) is 11.9 Å². The average Bonchev–Trinajstić information content (AvgIpc) is 2.98. The van der Waals surface area contributed by atoms with Crippen molar-refractivity contribution < 1.29 is 19.1 Å². The van der Waals surface area contributed by atoms with E-state index in [0.717, 1.165) is 38.1 Å². The fourth-order valence-electron chi connectivity index (χ4n) is 2.27. The van der Waals surface area contributed by atoms with Crippen molar-refractivity contribution in [3.63, 3.8) is 0 Å². The molecule has 5 nitrogen and oxygen atoms in total. The standard InChI is InChI=1S/C13H19NO4/c1-2-14(9-11-4-3-6-17-11)8-10-5-7-18-12(10)13(15)16/h5,7,11H,2-4,6,8-9H2,1H3,(H,15,16). The Balaban J connectivity index is 1.96. The largest absolute Gasteiger partial charge is 0.475 e. The van der Waals surface area contributed by atoms with Crippen LogP contribution >= 0.6 is 0 Å². The molecule has 1 aliphatic rings. The van der Waals surface area contributed by atoms with E-state index < -0.39 is 5.97 Å². The molecular weight excluding hydrogens is 234 g/mol. The zero-order valence-corrected chi connectivity index (χ0v) is 10.6. The van der Waals surface area contributed by atoms with E-state index in [1.54, 1.807) is 6.07 Å². The Morgan fingerprint density at radius 1 is 1.61 bits per heavy atom. The van der Waals surface area contributed by atoms with Crippen LogP contribution in [0.3, 0.4) is 0 Å². The molecule has 1 saturated heterocycles. The lowest BCUT2D eigenvalue weighted by Gasteiger charge is -2.23. The third kappa shape index (κ3) is 3.11. The van der Waals surface area contributed by atoms with E-state index in [1.807, 2.05) is 0 Å². The summed E-state index contributed by atoms with van der Waals surface area (Å²) in [5, 5.41) is 8.99. The van der Waals surface area contributed by atoms with Gasteiger partial charge in [0.2, 0.25) is 5.76 Å². The van der Waals surface area contributed by atoms with Gasteiger partial charge in [0.15, 0.2) is 0 Å². The van der Waals surface area contributed by atoms with Gasteiger partial charge in [0.25, 0.3) is 0 Å². The molecule has 0 spiro atoms. The van der Waals surface area contributed by atoms with Gasteiger partial charge in [-0.1, -0.05) is 6.92 Å². The van der Waals surface area contributed by atoms with Crippen LogP contribution in [0.5, 0.6) is 0 Å². The second kappa shape index (κ2) is 6.02. The number of carbonyl (C=O) groups is 1. The second-order valence-electron chi connectivity index (χ2n) is 4.54. The first-order valence-electron chi connectivity index (χ1n) is 6.34. The Labute approximate surface area is 106 Å². The third-order valence-electron chi connectivity index (χ3n) is 3.27. The SMILES string of the molecule is CCN(Cc1ccoc1C(=O)O)CC1CCCO1. The van der Waals surface area contributed by atoms with Gasteiger partial charge in [0.1, 0.15) is 0 Å². The Bertz CT molecular complexity index is 395. The molecule has 1 unspecified atom stereocenters. The van der Waals surface area contributed by atoms with Crippen molar-refractivity contribution in [1.82, 2.24) is 4.90 Å². The van der Waals surface area contributed by atoms with Crippen LogP contribution < -0.4 is 0 Å². The summed E-state index contributed by atoms with van der Waals surface area (Å²) >= 11 is 0. The molecule has 18 heavy (non-hydrogen) atoms. The van der Waals surface area contributed by atoms with Crippen LogP contribution in [0.2, 0.25) is 0 Å². The zero-order valence-electron chi connectivity index (χ0n) is 10.6. The lowest BCUT2D eigenvalue weighted by molar-refractivity contribution is 0.0649. The van der Waals surface area contributed by atoms with Crippen molar-refractivity contribution in [2.45, 2.75) is 32.4 Å². The van der Waals surface area contributed by atoms with Crippen molar-refractivity contribution in [2.75, 3.05) is 19.7 Å². The maximum Gasteiger partial charge on any atom is 0.372 e. The molecule has 0 amide bonds. The Morgan fingerprint density at radius 3 is 3.06 bits per heavy atom. The summed E-state index contributed by atoms with van der Waals surface area (Å²) in [5.41, 5.74) is 0.724. The number of carboxylic acids is 1. The summed E-state index contributed by atoms with van der Waals surface area (Å²) < 4.78 is 10.6. The number of furan rings is 1. The first-order valence-corrected chi connectivity index (χ1v) is 6.34. The highest BCUT2D eigenvalue weighted by atomic mass is 16.5. The molecule has 1 fully saturated rings. The highest BCUT2D eigenvalue weighted by Gasteiger charge is 2.21. The number of carboxylic acid groups (broad SMARTS) is 1. The number of rotatable bonds is 6. The minimum atomic E-state index is -1.01. The third-order valence-corrected chi connectivity index (χ3v) is 3.27. The second-order valence-corrected chi connectivity index (χ2v) is 4.54. The summed E-state index contributed by atoms with van der Waals surface area (Å²) in [6, 6.07) is 1.72. The quantitative estimate of drug-likeness (QED) is 0.839. The fourth-order valence-corrected chi connectivity index (χ4v) is 2.27. The van der Waals surface area contributed by atoms with Crippen molar-refractivity contribution in [3.8, 4) is 0 Å². The van der Waals surface area contributed by atoms with E-state index in [1.165, 1.54) is 6.26 Å².